The molecule has 0 N–H and O–H groups in total. The van der Waals surface area contributed by atoms with Crippen LogP contribution in [-0.4, -0.2) is 22.1 Å². The number of methoxy groups -OCH3 is 1. The number of fused-ring (bicyclic) bond motifs is 1. The van der Waals surface area contributed by atoms with Crippen LogP contribution < -0.4 is 4.74 Å². The number of benzene rings is 2. The standard InChI is InChI=1S/C21H15ClFN3O/c1-27-20-17(21-24-7-2-8-25-21)11-18(22)16-10-14(12-26-19(16)20)9-13-3-5-15(23)6-4-13/h2-8,10-12H,9H2,1H3. The van der Waals surface area contributed by atoms with Crippen LogP contribution in [0.1, 0.15) is 11.1 Å². The molecule has 134 valence electrons. The highest BCUT2D eigenvalue weighted by Gasteiger charge is 2.17. The van der Waals surface area contributed by atoms with E-state index in [-0.39, 0.29) is 5.82 Å². The Hall–Kier alpha value is -3.05. The first kappa shape index (κ1) is 17.4. The fraction of sp³-hybridized carbons (Fsp3) is 0.0952. The Morgan fingerprint density at radius 2 is 1.74 bits per heavy atom. The third-order valence-electron chi connectivity index (χ3n) is 4.26. The lowest BCUT2D eigenvalue weighted by molar-refractivity contribution is 0.420. The van der Waals surface area contributed by atoms with Crippen molar-refractivity contribution in [2.24, 2.45) is 0 Å². The van der Waals surface area contributed by atoms with Crippen molar-refractivity contribution in [2.75, 3.05) is 7.11 Å². The van der Waals surface area contributed by atoms with Gasteiger partial charge >= 0.3 is 0 Å². The quantitative estimate of drug-likeness (QED) is 0.496. The molecule has 2 heterocycles. The number of ether oxygens (including phenoxy) is 1. The molecule has 2 aromatic carbocycles. The first-order valence-corrected chi connectivity index (χ1v) is 8.70. The molecule has 0 saturated carbocycles. The molecule has 0 spiro atoms. The average molecular weight is 380 g/mol. The minimum Gasteiger partial charge on any atom is -0.494 e. The first-order valence-electron chi connectivity index (χ1n) is 8.32. The summed E-state index contributed by atoms with van der Waals surface area (Å²) in [6, 6.07) is 11.9. The van der Waals surface area contributed by atoms with E-state index in [1.54, 1.807) is 50.0 Å². The fourth-order valence-electron chi connectivity index (χ4n) is 3.01. The molecule has 0 aliphatic heterocycles. The number of hydrogen-bond acceptors (Lipinski definition) is 4. The van der Waals surface area contributed by atoms with Gasteiger partial charge in [0.2, 0.25) is 0 Å². The lowest BCUT2D eigenvalue weighted by Crippen LogP contribution is -1.97. The summed E-state index contributed by atoms with van der Waals surface area (Å²) in [5, 5.41) is 1.33. The summed E-state index contributed by atoms with van der Waals surface area (Å²) in [6.07, 6.45) is 5.74. The number of hydrogen-bond donors (Lipinski definition) is 0. The maximum absolute atomic E-state index is 13.1. The smallest absolute Gasteiger partial charge is 0.163 e. The van der Waals surface area contributed by atoms with E-state index in [2.05, 4.69) is 15.0 Å². The Kier molecular flexibility index (Phi) is 4.69. The van der Waals surface area contributed by atoms with Gasteiger partial charge in [-0.05, 0) is 47.9 Å². The van der Waals surface area contributed by atoms with Gasteiger partial charge in [-0.1, -0.05) is 23.7 Å². The predicted octanol–water partition coefficient (Wildman–Crippen LogP) is 5.08. The van der Waals surface area contributed by atoms with Crippen LogP contribution in [0.15, 0.2) is 61.1 Å². The molecule has 4 rings (SSSR count). The molecular formula is C21H15ClFN3O. The summed E-state index contributed by atoms with van der Waals surface area (Å²) in [4.78, 5) is 13.1. The van der Waals surface area contributed by atoms with Crippen LogP contribution in [-0.2, 0) is 6.42 Å². The topological polar surface area (TPSA) is 47.9 Å². The van der Waals surface area contributed by atoms with Crippen molar-refractivity contribution in [1.29, 1.82) is 0 Å². The van der Waals surface area contributed by atoms with Crippen molar-refractivity contribution < 1.29 is 9.13 Å². The van der Waals surface area contributed by atoms with E-state index in [0.29, 0.717) is 34.1 Å². The van der Waals surface area contributed by atoms with Gasteiger partial charge in [-0.2, -0.15) is 0 Å². The Labute approximate surface area is 160 Å². The highest BCUT2D eigenvalue weighted by atomic mass is 35.5. The van der Waals surface area contributed by atoms with Crippen molar-refractivity contribution in [3.8, 4) is 17.1 Å². The van der Waals surface area contributed by atoms with Crippen LogP contribution >= 0.6 is 11.6 Å². The van der Waals surface area contributed by atoms with E-state index < -0.39 is 0 Å². The number of pyridine rings is 1. The second-order valence-corrected chi connectivity index (χ2v) is 6.46. The second-order valence-electron chi connectivity index (χ2n) is 6.05. The van der Waals surface area contributed by atoms with Gasteiger partial charge in [0.1, 0.15) is 11.3 Å². The summed E-state index contributed by atoms with van der Waals surface area (Å²) in [5.74, 6) is 0.850. The normalized spacial score (nSPS) is 10.9. The molecule has 0 atom stereocenters. The van der Waals surface area contributed by atoms with Gasteiger partial charge in [-0.15, -0.1) is 0 Å². The van der Waals surface area contributed by atoms with Crippen molar-refractivity contribution in [2.45, 2.75) is 6.42 Å². The fourth-order valence-corrected chi connectivity index (χ4v) is 3.27. The molecule has 2 aromatic heterocycles. The van der Waals surface area contributed by atoms with E-state index >= 15 is 0 Å². The molecule has 0 aliphatic rings. The molecule has 0 bridgehead atoms. The molecule has 0 unspecified atom stereocenters. The minimum atomic E-state index is -0.251. The summed E-state index contributed by atoms with van der Waals surface area (Å²) in [6.45, 7) is 0. The Balaban J connectivity index is 1.80. The molecular weight excluding hydrogens is 365 g/mol. The van der Waals surface area contributed by atoms with E-state index in [9.17, 15) is 4.39 Å². The lowest BCUT2D eigenvalue weighted by atomic mass is 10.0. The molecule has 0 aliphatic carbocycles. The predicted molar refractivity (Wildman–Crippen MR) is 104 cm³/mol. The second kappa shape index (κ2) is 7.29. The molecule has 0 amide bonds. The minimum absolute atomic E-state index is 0.251. The van der Waals surface area contributed by atoms with Gasteiger partial charge in [0.15, 0.2) is 11.6 Å². The van der Waals surface area contributed by atoms with E-state index in [0.717, 1.165) is 16.5 Å². The lowest BCUT2D eigenvalue weighted by Gasteiger charge is -2.13. The molecule has 6 heteroatoms. The van der Waals surface area contributed by atoms with Crippen LogP contribution in [0.25, 0.3) is 22.3 Å². The number of rotatable bonds is 4. The van der Waals surface area contributed by atoms with Gasteiger partial charge in [-0.25, -0.2) is 14.4 Å². The van der Waals surface area contributed by atoms with Crippen LogP contribution in [0.3, 0.4) is 0 Å². The van der Waals surface area contributed by atoms with Crippen LogP contribution in [0.2, 0.25) is 5.02 Å². The molecule has 0 radical (unpaired) electrons. The summed E-state index contributed by atoms with van der Waals surface area (Å²) < 4.78 is 18.7. The average Bonchev–Trinajstić information content (AvgIpc) is 2.70. The Morgan fingerprint density at radius 1 is 1.00 bits per heavy atom. The van der Waals surface area contributed by atoms with Gasteiger partial charge in [0.25, 0.3) is 0 Å². The molecule has 4 aromatic rings. The number of aromatic nitrogens is 3. The highest BCUT2D eigenvalue weighted by molar-refractivity contribution is 6.36. The zero-order valence-electron chi connectivity index (χ0n) is 14.5. The Morgan fingerprint density at radius 3 is 2.44 bits per heavy atom. The molecule has 27 heavy (non-hydrogen) atoms. The molecule has 0 fully saturated rings. The third-order valence-corrected chi connectivity index (χ3v) is 4.58. The van der Waals surface area contributed by atoms with Gasteiger partial charge in [0.05, 0.1) is 17.7 Å². The number of nitrogens with zero attached hydrogens (tertiary/aromatic N) is 3. The van der Waals surface area contributed by atoms with Crippen molar-refractivity contribution in [3.63, 3.8) is 0 Å². The zero-order valence-corrected chi connectivity index (χ0v) is 15.2. The largest absolute Gasteiger partial charge is 0.494 e. The summed E-state index contributed by atoms with van der Waals surface area (Å²) >= 11 is 6.54. The maximum Gasteiger partial charge on any atom is 0.163 e. The molecule has 4 nitrogen and oxygen atoms in total. The highest BCUT2D eigenvalue weighted by Crippen LogP contribution is 2.38. The summed E-state index contributed by atoms with van der Waals surface area (Å²) in [7, 11) is 1.59. The van der Waals surface area contributed by atoms with Gasteiger partial charge < -0.3 is 4.74 Å². The number of halogens is 2. The third kappa shape index (κ3) is 3.46. The monoisotopic (exact) mass is 379 g/mol. The zero-order chi connectivity index (χ0) is 18.8. The maximum atomic E-state index is 13.1. The summed E-state index contributed by atoms with van der Waals surface area (Å²) in [5.41, 5.74) is 3.31. The van der Waals surface area contributed by atoms with Gasteiger partial charge in [0, 0.05) is 24.0 Å². The van der Waals surface area contributed by atoms with Crippen molar-refractivity contribution in [3.05, 3.63) is 83.0 Å². The Bertz CT molecular complexity index is 1100. The van der Waals surface area contributed by atoms with E-state index in [1.165, 1.54) is 12.1 Å². The first-order chi connectivity index (χ1) is 13.2. The van der Waals surface area contributed by atoms with Crippen LogP contribution in [0, 0.1) is 5.82 Å². The van der Waals surface area contributed by atoms with Crippen molar-refractivity contribution >= 4 is 22.5 Å². The van der Waals surface area contributed by atoms with Crippen LogP contribution in [0.5, 0.6) is 5.75 Å². The van der Waals surface area contributed by atoms with Crippen molar-refractivity contribution in [1.82, 2.24) is 15.0 Å². The van der Waals surface area contributed by atoms with Gasteiger partial charge in [-0.3, -0.25) is 4.98 Å². The van der Waals surface area contributed by atoms with E-state index in [4.69, 9.17) is 16.3 Å². The SMILES string of the molecule is COc1c(-c2ncccn2)cc(Cl)c2cc(Cc3ccc(F)cc3)cnc12. The van der Waals surface area contributed by atoms with Crippen LogP contribution in [0.4, 0.5) is 4.39 Å². The molecule has 0 saturated heterocycles. The van der Waals surface area contributed by atoms with E-state index in [1.807, 2.05) is 6.07 Å².